The van der Waals surface area contributed by atoms with Crippen LogP contribution in [-0.2, 0) is 6.54 Å². The van der Waals surface area contributed by atoms with Gasteiger partial charge in [-0.25, -0.2) is 0 Å². The molecule has 0 radical (unpaired) electrons. The third-order valence-electron chi connectivity index (χ3n) is 3.63. The highest BCUT2D eigenvalue weighted by Crippen LogP contribution is 2.32. The van der Waals surface area contributed by atoms with Gasteiger partial charge in [-0.1, -0.05) is 29.3 Å². The minimum Gasteiger partial charge on any atom is -0.349 e. The van der Waals surface area contributed by atoms with Crippen LogP contribution in [0, 0.1) is 19.8 Å². The first-order valence-electron chi connectivity index (χ1n) is 6.89. The molecule has 98 valence electrons. The molecule has 2 nitrogen and oxygen atoms in total. The number of nitrogens with zero attached hydrogens (tertiary/aromatic N) is 1. The lowest BCUT2D eigenvalue weighted by molar-refractivity contribution is 0.0967. The summed E-state index contributed by atoms with van der Waals surface area (Å²) in [5.74, 6) is 0.622. The summed E-state index contributed by atoms with van der Waals surface area (Å²) in [5, 5.41) is 0. The molecule has 1 heterocycles. The monoisotopic (exact) mass is 253 g/mol. The van der Waals surface area contributed by atoms with E-state index in [0.717, 1.165) is 24.9 Å². The first-order valence-corrected chi connectivity index (χ1v) is 6.89. The van der Waals surface area contributed by atoms with E-state index in [4.69, 9.17) is 0 Å². The molecule has 0 bridgehead atoms. The summed E-state index contributed by atoms with van der Waals surface area (Å²) in [7, 11) is 0. The SMILES string of the molecule is Cc1cc(C)cc(Cn2ccc(C(=O)C3CC3)c2)c1. The van der Waals surface area contributed by atoms with Gasteiger partial charge in [-0.15, -0.1) is 0 Å². The fourth-order valence-corrected chi connectivity index (χ4v) is 2.64. The average molecular weight is 253 g/mol. The van der Waals surface area contributed by atoms with Gasteiger partial charge in [0.1, 0.15) is 0 Å². The molecule has 0 aliphatic heterocycles. The number of carbonyl (C=O) groups excluding carboxylic acids is 1. The highest BCUT2D eigenvalue weighted by molar-refractivity contribution is 5.99. The number of carbonyl (C=O) groups is 1. The molecule has 0 saturated heterocycles. The van der Waals surface area contributed by atoms with Gasteiger partial charge in [-0.2, -0.15) is 0 Å². The van der Waals surface area contributed by atoms with Gasteiger partial charge in [0.05, 0.1) is 0 Å². The first kappa shape index (κ1) is 12.2. The molecule has 1 aliphatic carbocycles. The van der Waals surface area contributed by atoms with Crippen LogP contribution in [0.1, 0.15) is 39.9 Å². The number of hydrogen-bond acceptors (Lipinski definition) is 1. The Morgan fingerprint density at radius 3 is 2.53 bits per heavy atom. The maximum absolute atomic E-state index is 12.0. The topological polar surface area (TPSA) is 22.0 Å². The number of aryl methyl sites for hydroxylation is 2. The van der Waals surface area contributed by atoms with Crippen LogP contribution in [0.3, 0.4) is 0 Å². The van der Waals surface area contributed by atoms with Gasteiger partial charge >= 0.3 is 0 Å². The number of ketones is 1. The van der Waals surface area contributed by atoms with Crippen molar-refractivity contribution in [3.63, 3.8) is 0 Å². The Balaban J connectivity index is 1.77. The van der Waals surface area contributed by atoms with E-state index in [-0.39, 0.29) is 0 Å². The van der Waals surface area contributed by atoms with Crippen molar-refractivity contribution >= 4 is 5.78 Å². The Morgan fingerprint density at radius 1 is 1.21 bits per heavy atom. The largest absolute Gasteiger partial charge is 0.349 e. The van der Waals surface area contributed by atoms with Gasteiger partial charge in [-0.05, 0) is 38.3 Å². The van der Waals surface area contributed by atoms with Gasteiger partial charge in [0.25, 0.3) is 0 Å². The summed E-state index contributed by atoms with van der Waals surface area (Å²) in [6, 6.07) is 8.54. The van der Waals surface area contributed by atoms with Crippen molar-refractivity contribution < 1.29 is 4.79 Å². The summed E-state index contributed by atoms with van der Waals surface area (Å²) in [6.45, 7) is 5.07. The fraction of sp³-hybridized carbons (Fsp3) is 0.353. The molecule has 0 unspecified atom stereocenters. The van der Waals surface area contributed by atoms with Crippen molar-refractivity contribution in [2.75, 3.05) is 0 Å². The lowest BCUT2D eigenvalue weighted by Crippen LogP contribution is -2.01. The minimum absolute atomic E-state index is 0.303. The van der Waals surface area contributed by atoms with E-state index in [1.807, 2.05) is 18.5 Å². The predicted octanol–water partition coefficient (Wildman–Crippen LogP) is 3.75. The molecule has 1 saturated carbocycles. The van der Waals surface area contributed by atoms with Crippen LogP contribution in [0.15, 0.2) is 36.7 Å². The van der Waals surface area contributed by atoms with E-state index in [2.05, 4.69) is 36.6 Å². The van der Waals surface area contributed by atoms with Crippen molar-refractivity contribution in [1.82, 2.24) is 4.57 Å². The highest BCUT2D eigenvalue weighted by Gasteiger charge is 2.30. The quantitative estimate of drug-likeness (QED) is 0.761. The number of Topliss-reactive ketones (excluding diaryl/α,β-unsaturated/α-hetero) is 1. The number of benzene rings is 1. The van der Waals surface area contributed by atoms with E-state index < -0.39 is 0 Å². The third kappa shape index (κ3) is 2.78. The average Bonchev–Trinajstić information content (AvgIpc) is 3.08. The maximum Gasteiger partial charge on any atom is 0.167 e. The molecule has 3 rings (SSSR count). The summed E-state index contributed by atoms with van der Waals surface area (Å²) < 4.78 is 2.10. The number of aromatic nitrogens is 1. The predicted molar refractivity (Wildman–Crippen MR) is 76.5 cm³/mol. The van der Waals surface area contributed by atoms with E-state index in [0.29, 0.717) is 11.7 Å². The van der Waals surface area contributed by atoms with Crippen LogP contribution in [-0.4, -0.2) is 10.4 Å². The van der Waals surface area contributed by atoms with Crippen molar-refractivity contribution in [1.29, 1.82) is 0 Å². The van der Waals surface area contributed by atoms with Gasteiger partial charge in [0.15, 0.2) is 5.78 Å². The molecule has 1 aromatic carbocycles. The Labute approximate surface area is 114 Å². The second kappa shape index (κ2) is 4.69. The van der Waals surface area contributed by atoms with Gasteiger partial charge < -0.3 is 4.57 Å². The van der Waals surface area contributed by atoms with Gasteiger partial charge in [-0.3, -0.25) is 4.79 Å². The van der Waals surface area contributed by atoms with E-state index in [9.17, 15) is 4.79 Å². The number of hydrogen-bond donors (Lipinski definition) is 0. The zero-order valence-corrected chi connectivity index (χ0v) is 11.5. The van der Waals surface area contributed by atoms with Gasteiger partial charge in [0, 0.05) is 30.4 Å². The van der Waals surface area contributed by atoms with Crippen molar-refractivity contribution in [2.45, 2.75) is 33.2 Å². The van der Waals surface area contributed by atoms with Crippen LogP contribution >= 0.6 is 0 Å². The third-order valence-corrected chi connectivity index (χ3v) is 3.63. The van der Waals surface area contributed by atoms with E-state index in [1.54, 1.807) is 0 Å². The molecular weight excluding hydrogens is 234 g/mol. The maximum atomic E-state index is 12.0. The number of rotatable bonds is 4. The van der Waals surface area contributed by atoms with Crippen LogP contribution in [0.2, 0.25) is 0 Å². The van der Waals surface area contributed by atoms with E-state index >= 15 is 0 Å². The van der Waals surface area contributed by atoms with Crippen LogP contribution in [0.4, 0.5) is 0 Å². The molecule has 2 heteroatoms. The molecule has 1 aliphatic rings. The highest BCUT2D eigenvalue weighted by atomic mass is 16.1. The second-order valence-corrected chi connectivity index (χ2v) is 5.71. The summed E-state index contributed by atoms with van der Waals surface area (Å²) in [5.41, 5.74) is 4.73. The van der Waals surface area contributed by atoms with Gasteiger partial charge in [0.2, 0.25) is 0 Å². The normalized spacial score (nSPS) is 14.6. The summed E-state index contributed by atoms with van der Waals surface area (Å²) in [4.78, 5) is 12.0. The first-order chi connectivity index (χ1) is 9.11. The molecule has 2 aromatic rings. The van der Waals surface area contributed by atoms with Crippen molar-refractivity contribution in [3.8, 4) is 0 Å². The standard InChI is InChI=1S/C17H19NO/c1-12-7-13(2)9-14(8-12)10-18-6-5-16(11-18)17(19)15-3-4-15/h5-9,11,15H,3-4,10H2,1-2H3. The van der Waals surface area contributed by atoms with Crippen LogP contribution in [0.25, 0.3) is 0 Å². The van der Waals surface area contributed by atoms with Crippen molar-refractivity contribution in [2.24, 2.45) is 5.92 Å². The fourth-order valence-electron chi connectivity index (χ4n) is 2.64. The van der Waals surface area contributed by atoms with Crippen LogP contribution < -0.4 is 0 Å². The Kier molecular flexibility index (Phi) is 3.02. The van der Waals surface area contributed by atoms with E-state index in [1.165, 1.54) is 16.7 Å². The smallest absolute Gasteiger partial charge is 0.167 e. The molecule has 0 N–H and O–H groups in total. The molecule has 1 fully saturated rings. The Bertz CT molecular complexity index is 600. The molecular formula is C17H19NO. The van der Waals surface area contributed by atoms with Crippen LogP contribution in [0.5, 0.6) is 0 Å². The summed E-state index contributed by atoms with van der Waals surface area (Å²) >= 11 is 0. The lowest BCUT2D eigenvalue weighted by Gasteiger charge is -2.06. The lowest BCUT2D eigenvalue weighted by atomic mass is 10.1. The molecule has 0 atom stereocenters. The molecule has 0 amide bonds. The minimum atomic E-state index is 0.303. The zero-order valence-electron chi connectivity index (χ0n) is 11.5. The van der Waals surface area contributed by atoms with Crippen molar-refractivity contribution in [3.05, 3.63) is 58.9 Å². The molecule has 1 aromatic heterocycles. The Hall–Kier alpha value is -1.83. The second-order valence-electron chi connectivity index (χ2n) is 5.71. The zero-order chi connectivity index (χ0) is 13.4. The Morgan fingerprint density at radius 2 is 1.89 bits per heavy atom. The summed E-state index contributed by atoms with van der Waals surface area (Å²) in [6.07, 6.45) is 6.13. The molecule has 19 heavy (non-hydrogen) atoms. The molecule has 0 spiro atoms.